The molecule has 0 bridgehead atoms. The molecule has 0 spiro atoms. The first kappa shape index (κ1) is 34.3. The number of nitrogens with zero attached hydrogens (tertiary/aromatic N) is 1. The molecule has 3 aromatic carbocycles. The van der Waals surface area contributed by atoms with E-state index < -0.39 is 14.9 Å². The minimum absolute atomic E-state index is 0.130. The molecule has 0 radical (unpaired) electrons. The van der Waals surface area contributed by atoms with Crippen LogP contribution >= 0.6 is 0 Å². The Kier molecular flexibility index (Phi) is 15.3. The Labute approximate surface area is 241 Å². The van der Waals surface area contributed by atoms with Gasteiger partial charge >= 0.3 is 0 Å². The zero-order valence-electron chi connectivity index (χ0n) is 24.8. The summed E-state index contributed by atoms with van der Waals surface area (Å²) in [6, 6.07) is 17.6. The Morgan fingerprint density at radius 2 is 1.65 bits per heavy atom. The summed E-state index contributed by atoms with van der Waals surface area (Å²) in [5, 5.41) is 12.6. The number of benzene rings is 3. The van der Waals surface area contributed by atoms with Gasteiger partial charge in [0.05, 0.1) is 4.90 Å². The van der Waals surface area contributed by atoms with Gasteiger partial charge in [-0.2, -0.15) is 0 Å². The number of sulfone groups is 1. The smallest absolute Gasteiger partial charge is 0.224 e. The molecular weight excluding hydrogens is 518 g/mol. The first-order valence-electron chi connectivity index (χ1n) is 13.5. The highest BCUT2D eigenvalue weighted by atomic mass is 32.2. The average Bonchev–Trinajstić information content (AvgIpc) is 2.98. The van der Waals surface area contributed by atoms with Crippen LogP contribution in [0.3, 0.4) is 0 Å². The normalized spacial score (nSPS) is 11.0. The fraction of sp³-hybridized carbons (Fsp3) is 0.303. The van der Waals surface area contributed by atoms with Crippen LogP contribution in [0, 0.1) is 5.41 Å². The topological polar surface area (TPSA) is 82.5 Å². The number of hydrogen-bond donors (Lipinski definition) is 2. The van der Waals surface area contributed by atoms with Crippen molar-refractivity contribution in [3.05, 3.63) is 103 Å². The highest BCUT2D eigenvalue weighted by Gasteiger charge is 2.26. The number of nitrogens with one attached hydrogen (secondary N) is 2. The molecule has 0 aliphatic heterocycles. The standard InChI is InChI=1S/C24H29N3O3S.C6H10.C3H6/c1-4-27(5-2)15-16-30-19-13-14-22(26-3)21(17-19)24(25)31(28,29)23-12-8-10-18-9-6-7-11-20(18)23;1-4-6(3)5-2;1-3-2/h6-14,17,25-26H,4-5,15-16H2,1-3H3;4-5H,1H2,2-3H3;3H,1H2,2H3/b;6-5-;. The van der Waals surface area contributed by atoms with Crippen LogP contribution in [0.4, 0.5) is 5.69 Å². The number of rotatable bonds is 10. The van der Waals surface area contributed by atoms with Crippen LogP contribution in [0.1, 0.15) is 40.2 Å². The van der Waals surface area contributed by atoms with Crippen LogP contribution in [0.15, 0.2) is 103 Å². The Morgan fingerprint density at radius 3 is 2.20 bits per heavy atom. The molecule has 0 aliphatic carbocycles. The summed E-state index contributed by atoms with van der Waals surface area (Å²) < 4.78 is 32.7. The molecule has 3 aromatic rings. The number of likely N-dealkylation sites (N-methyl/N-ethyl adjacent to an activating group) is 1. The first-order valence-corrected chi connectivity index (χ1v) is 14.9. The van der Waals surface area contributed by atoms with Gasteiger partial charge in [-0.25, -0.2) is 8.42 Å². The molecule has 7 heteroatoms. The number of allylic oxidation sites excluding steroid dienone is 4. The van der Waals surface area contributed by atoms with Crippen LogP contribution in [-0.2, 0) is 9.84 Å². The second kappa shape index (κ2) is 17.8. The van der Waals surface area contributed by atoms with Crippen molar-refractivity contribution < 1.29 is 13.2 Å². The maximum Gasteiger partial charge on any atom is 0.224 e. The van der Waals surface area contributed by atoms with E-state index in [1.165, 1.54) is 5.57 Å². The lowest BCUT2D eigenvalue weighted by Gasteiger charge is -2.19. The van der Waals surface area contributed by atoms with Crippen LogP contribution in [0.2, 0.25) is 0 Å². The molecule has 0 amide bonds. The summed E-state index contributed by atoms with van der Waals surface area (Å²) in [6.45, 7) is 20.2. The van der Waals surface area contributed by atoms with Gasteiger partial charge in [0, 0.05) is 30.2 Å². The molecule has 0 heterocycles. The Bertz CT molecular complexity index is 1390. The first-order chi connectivity index (χ1) is 19.1. The summed E-state index contributed by atoms with van der Waals surface area (Å²) in [4.78, 5) is 2.38. The third kappa shape index (κ3) is 9.81. The van der Waals surface area contributed by atoms with E-state index in [-0.39, 0.29) is 10.5 Å². The van der Waals surface area contributed by atoms with E-state index in [1.807, 2.05) is 51.1 Å². The molecule has 0 saturated carbocycles. The maximum absolute atomic E-state index is 13.4. The SMILES string of the molecule is C=C/C(C)=C\C.C=CC.CCN(CC)CCOc1ccc(NC)c(C(=N)S(=O)(=O)c2cccc3ccccc23)c1. The summed E-state index contributed by atoms with van der Waals surface area (Å²) in [6.07, 6.45) is 5.60. The minimum atomic E-state index is -4.03. The van der Waals surface area contributed by atoms with Crippen molar-refractivity contribution in [2.24, 2.45) is 0 Å². The lowest BCUT2D eigenvalue weighted by atomic mass is 10.1. The van der Waals surface area contributed by atoms with Gasteiger partial charge in [-0.1, -0.05) is 80.6 Å². The molecule has 3 rings (SSSR count). The zero-order valence-corrected chi connectivity index (χ0v) is 25.6. The summed E-state index contributed by atoms with van der Waals surface area (Å²) in [7, 11) is -2.32. The van der Waals surface area contributed by atoms with Gasteiger partial charge in [0.25, 0.3) is 0 Å². The van der Waals surface area contributed by atoms with E-state index in [0.29, 0.717) is 23.4 Å². The molecule has 0 saturated heterocycles. The van der Waals surface area contributed by atoms with Crippen molar-refractivity contribution in [2.75, 3.05) is 38.6 Å². The van der Waals surface area contributed by atoms with E-state index in [0.717, 1.165) is 25.0 Å². The van der Waals surface area contributed by atoms with E-state index in [1.54, 1.807) is 55.6 Å². The molecule has 0 atom stereocenters. The quantitative estimate of drug-likeness (QED) is 0.114. The molecule has 6 nitrogen and oxygen atoms in total. The van der Waals surface area contributed by atoms with E-state index in [4.69, 9.17) is 10.1 Å². The van der Waals surface area contributed by atoms with Crippen LogP contribution in [0.5, 0.6) is 5.75 Å². The summed E-state index contributed by atoms with van der Waals surface area (Å²) >= 11 is 0. The van der Waals surface area contributed by atoms with E-state index in [2.05, 4.69) is 37.2 Å². The van der Waals surface area contributed by atoms with Gasteiger partial charge in [-0.3, -0.25) is 5.41 Å². The monoisotopic (exact) mass is 563 g/mol. The molecule has 0 aliphatic rings. The lowest BCUT2D eigenvalue weighted by Crippen LogP contribution is -2.28. The van der Waals surface area contributed by atoms with E-state index in [9.17, 15) is 8.42 Å². The second-order valence-corrected chi connectivity index (χ2v) is 10.6. The van der Waals surface area contributed by atoms with Crippen molar-refractivity contribution in [3.63, 3.8) is 0 Å². The predicted octanol–water partition coefficient (Wildman–Crippen LogP) is 7.73. The molecular formula is C33H45N3O3S. The van der Waals surface area contributed by atoms with Crippen molar-refractivity contribution in [3.8, 4) is 5.75 Å². The van der Waals surface area contributed by atoms with Gasteiger partial charge < -0.3 is 15.0 Å². The highest BCUT2D eigenvalue weighted by Crippen LogP contribution is 2.29. The van der Waals surface area contributed by atoms with Gasteiger partial charge in [-0.15, -0.1) is 6.58 Å². The van der Waals surface area contributed by atoms with Crippen molar-refractivity contribution in [1.82, 2.24) is 4.90 Å². The van der Waals surface area contributed by atoms with Gasteiger partial charge in [-0.05, 0) is 63.5 Å². The molecule has 40 heavy (non-hydrogen) atoms. The number of ether oxygens (including phenoxy) is 1. The number of anilines is 1. The Balaban J connectivity index is 0.000000774. The van der Waals surface area contributed by atoms with Crippen molar-refractivity contribution >= 4 is 31.3 Å². The predicted molar refractivity (Wildman–Crippen MR) is 173 cm³/mol. The number of fused-ring (bicyclic) bond motifs is 1. The average molecular weight is 564 g/mol. The molecule has 2 N–H and O–H groups in total. The van der Waals surface area contributed by atoms with Gasteiger partial charge in [0.2, 0.25) is 9.84 Å². The third-order valence-corrected chi connectivity index (χ3v) is 7.85. The fourth-order valence-corrected chi connectivity index (χ4v) is 5.07. The minimum Gasteiger partial charge on any atom is -0.492 e. The zero-order chi connectivity index (χ0) is 30.1. The third-order valence-electron chi connectivity index (χ3n) is 6.16. The Morgan fingerprint density at radius 1 is 1.02 bits per heavy atom. The van der Waals surface area contributed by atoms with Crippen LogP contribution in [0.25, 0.3) is 10.8 Å². The van der Waals surface area contributed by atoms with Crippen LogP contribution in [-0.4, -0.2) is 51.7 Å². The molecule has 0 aromatic heterocycles. The Hall–Kier alpha value is -3.68. The number of hydrogen-bond acceptors (Lipinski definition) is 6. The molecule has 0 fully saturated rings. The largest absolute Gasteiger partial charge is 0.492 e. The van der Waals surface area contributed by atoms with Gasteiger partial charge in [0.15, 0.2) is 5.04 Å². The second-order valence-electron chi connectivity index (χ2n) is 8.79. The maximum atomic E-state index is 13.4. The lowest BCUT2D eigenvalue weighted by molar-refractivity contribution is 0.223. The summed E-state index contributed by atoms with van der Waals surface area (Å²) in [5.41, 5.74) is 2.08. The van der Waals surface area contributed by atoms with Crippen molar-refractivity contribution in [2.45, 2.75) is 39.5 Å². The molecule has 216 valence electrons. The highest BCUT2D eigenvalue weighted by molar-refractivity contribution is 8.07. The van der Waals surface area contributed by atoms with Crippen LogP contribution < -0.4 is 10.1 Å². The molecule has 0 unspecified atom stereocenters. The van der Waals surface area contributed by atoms with Gasteiger partial charge in [0.1, 0.15) is 12.4 Å². The summed E-state index contributed by atoms with van der Waals surface area (Å²) in [5.74, 6) is 0.541. The fourth-order valence-electron chi connectivity index (χ4n) is 3.65. The van der Waals surface area contributed by atoms with Crippen molar-refractivity contribution in [1.29, 1.82) is 5.41 Å². The van der Waals surface area contributed by atoms with E-state index >= 15 is 0 Å².